The van der Waals surface area contributed by atoms with E-state index in [1.54, 1.807) is 25.3 Å². The van der Waals surface area contributed by atoms with Crippen molar-refractivity contribution < 1.29 is 14.2 Å². The summed E-state index contributed by atoms with van der Waals surface area (Å²) < 4.78 is 16.2. The van der Waals surface area contributed by atoms with Crippen LogP contribution >= 0.6 is 12.2 Å². The van der Waals surface area contributed by atoms with Crippen LogP contribution in [-0.4, -0.2) is 31.9 Å². The highest BCUT2D eigenvalue weighted by Gasteiger charge is 2.04. The van der Waals surface area contributed by atoms with E-state index in [2.05, 4.69) is 6.92 Å². The minimum absolute atomic E-state index is 0.322. The van der Waals surface area contributed by atoms with Crippen LogP contribution in [0.3, 0.4) is 0 Å². The number of ether oxygens (including phenoxy) is 3. The number of rotatable bonds is 9. The maximum Gasteiger partial charge on any atom is 0.123 e. The molecule has 0 amide bonds. The summed E-state index contributed by atoms with van der Waals surface area (Å²) in [4.78, 5) is 0.322. The lowest BCUT2D eigenvalue weighted by molar-refractivity contribution is 0.0980. The zero-order valence-corrected chi connectivity index (χ0v) is 12.3. The fraction of sp³-hybridized carbons (Fsp3) is 0.500. The van der Waals surface area contributed by atoms with Crippen molar-refractivity contribution in [3.05, 3.63) is 23.8 Å². The Bertz CT molecular complexity index is 410. The first-order valence-electron chi connectivity index (χ1n) is 6.36. The van der Waals surface area contributed by atoms with Crippen LogP contribution in [0.25, 0.3) is 0 Å². The Hall–Kier alpha value is -1.33. The fourth-order valence-electron chi connectivity index (χ4n) is 1.48. The van der Waals surface area contributed by atoms with Gasteiger partial charge in [-0.05, 0) is 18.6 Å². The highest BCUT2D eigenvalue weighted by atomic mass is 32.1. The third-order valence-electron chi connectivity index (χ3n) is 2.54. The van der Waals surface area contributed by atoms with Gasteiger partial charge in [0.15, 0.2) is 0 Å². The predicted molar refractivity (Wildman–Crippen MR) is 80.1 cm³/mol. The van der Waals surface area contributed by atoms with E-state index >= 15 is 0 Å². The molecule has 1 aromatic rings. The number of methoxy groups -OCH3 is 1. The fourth-order valence-corrected chi connectivity index (χ4v) is 1.60. The van der Waals surface area contributed by atoms with Crippen molar-refractivity contribution in [3.63, 3.8) is 0 Å². The van der Waals surface area contributed by atoms with Crippen molar-refractivity contribution in [2.45, 2.75) is 19.8 Å². The highest BCUT2D eigenvalue weighted by Crippen LogP contribution is 2.22. The maximum absolute atomic E-state index is 5.61. The van der Waals surface area contributed by atoms with E-state index in [1.165, 1.54) is 0 Å². The second kappa shape index (κ2) is 8.72. The molecule has 0 unspecified atom stereocenters. The smallest absolute Gasteiger partial charge is 0.123 e. The van der Waals surface area contributed by atoms with Crippen molar-refractivity contribution >= 4 is 17.2 Å². The molecule has 0 saturated heterocycles. The normalized spacial score (nSPS) is 10.2. The summed E-state index contributed by atoms with van der Waals surface area (Å²) in [5.41, 5.74) is 6.34. The van der Waals surface area contributed by atoms with Gasteiger partial charge >= 0.3 is 0 Å². The molecule has 106 valence electrons. The number of nitrogens with two attached hydrogens (primary N) is 1. The molecule has 0 heterocycles. The monoisotopic (exact) mass is 283 g/mol. The van der Waals surface area contributed by atoms with E-state index in [9.17, 15) is 0 Å². The van der Waals surface area contributed by atoms with Gasteiger partial charge in [0.2, 0.25) is 0 Å². The molecule has 0 atom stereocenters. The van der Waals surface area contributed by atoms with Gasteiger partial charge in [-0.25, -0.2) is 0 Å². The molecule has 4 nitrogen and oxygen atoms in total. The number of hydrogen-bond acceptors (Lipinski definition) is 4. The molecular weight excluding hydrogens is 262 g/mol. The first-order valence-corrected chi connectivity index (χ1v) is 6.77. The Morgan fingerprint density at radius 1 is 1.16 bits per heavy atom. The summed E-state index contributed by atoms with van der Waals surface area (Å²) in [6.45, 7) is 3.97. The molecule has 0 aliphatic heterocycles. The topological polar surface area (TPSA) is 53.7 Å². The van der Waals surface area contributed by atoms with Gasteiger partial charge in [-0.15, -0.1) is 0 Å². The number of benzene rings is 1. The second-order valence-electron chi connectivity index (χ2n) is 4.08. The minimum atomic E-state index is 0.322. The summed E-state index contributed by atoms with van der Waals surface area (Å²) in [7, 11) is 1.59. The summed E-state index contributed by atoms with van der Waals surface area (Å²) in [6.07, 6.45) is 2.21. The third kappa shape index (κ3) is 5.89. The van der Waals surface area contributed by atoms with Crippen LogP contribution in [0.2, 0.25) is 0 Å². The molecule has 0 fully saturated rings. The largest absolute Gasteiger partial charge is 0.497 e. The molecule has 0 aromatic heterocycles. The SMILES string of the molecule is CCCCOCCOc1cc(OC)cc(C(N)=S)c1. The Morgan fingerprint density at radius 3 is 2.53 bits per heavy atom. The van der Waals surface area contributed by atoms with Gasteiger partial charge in [0, 0.05) is 18.2 Å². The summed E-state index contributed by atoms with van der Waals surface area (Å²) in [5.74, 6) is 1.36. The molecule has 0 saturated carbocycles. The average molecular weight is 283 g/mol. The van der Waals surface area contributed by atoms with Gasteiger partial charge in [0.05, 0.1) is 13.7 Å². The van der Waals surface area contributed by atoms with Crippen LogP contribution in [-0.2, 0) is 4.74 Å². The molecule has 1 rings (SSSR count). The van der Waals surface area contributed by atoms with Crippen LogP contribution in [0.4, 0.5) is 0 Å². The quantitative estimate of drug-likeness (QED) is 0.557. The Labute approximate surface area is 119 Å². The standard InChI is InChI=1S/C14H21NO3S/c1-3-4-5-17-6-7-18-13-9-11(14(15)19)8-12(10-13)16-2/h8-10H,3-7H2,1-2H3,(H2,15,19). The number of thiocarbonyl (C=S) groups is 1. The van der Waals surface area contributed by atoms with Crippen LogP contribution in [0, 0.1) is 0 Å². The van der Waals surface area contributed by atoms with Gasteiger partial charge in [0.25, 0.3) is 0 Å². The number of unbranched alkanes of at least 4 members (excludes halogenated alkanes) is 1. The van der Waals surface area contributed by atoms with Crippen molar-refractivity contribution in [1.82, 2.24) is 0 Å². The molecule has 1 aromatic carbocycles. The van der Waals surface area contributed by atoms with Crippen LogP contribution in [0.1, 0.15) is 25.3 Å². The van der Waals surface area contributed by atoms with Crippen molar-refractivity contribution in [1.29, 1.82) is 0 Å². The van der Waals surface area contributed by atoms with Crippen LogP contribution in [0.15, 0.2) is 18.2 Å². The lowest BCUT2D eigenvalue weighted by Crippen LogP contribution is -2.11. The Morgan fingerprint density at radius 2 is 1.89 bits per heavy atom. The second-order valence-corrected chi connectivity index (χ2v) is 4.52. The zero-order valence-electron chi connectivity index (χ0n) is 11.5. The third-order valence-corrected chi connectivity index (χ3v) is 2.77. The van der Waals surface area contributed by atoms with E-state index in [-0.39, 0.29) is 0 Å². The van der Waals surface area contributed by atoms with Crippen LogP contribution < -0.4 is 15.2 Å². The highest BCUT2D eigenvalue weighted by molar-refractivity contribution is 7.80. The molecule has 0 bridgehead atoms. The molecule has 0 spiro atoms. The number of hydrogen-bond donors (Lipinski definition) is 1. The van der Waals surface area contributed by atoms with Gasteiger partial charge < -0.3 is 19.9 Å². The molecule has 2 N–H and O–H groups in total. The minimum Gasteiger partial charge on any atom is -0.497 e. The summed E-state index contributed by atoms with van der Waals surface area (Å²) in [6, 6.07) is 5.39. The van der Waals surface area contributed by atoms with E-state index in [4.69, 9.17) is 32.2 Å². The van der Waals surface area contributed by atoms with Crippen molar-refractivity contribution in [2.75, 3.05) is 26.9 Å². The van der Waals surface area contributed by atoms with E-state index in [0.717, 1.165) is 25.0 Å². The molecule has 19 heavy (non-hydrogen) atoms. The Balaban J connectivity index is 2.48. The zero-order chi connectivity index (χ0) is 14.1. The lowest BCUT2D eigenvalue weighted by atomic mass is 10.2. The van der Waals surface area contributed by atoms with Gasteiger partial charge in [-0.2, -0.15) is 0 Å². The maximum atomic E-state index is 5.61. The van der Waals surface area contributed by atoms with Crippen molar-refractivity contribution in [2.24, 2.45) is 5.73 Å². The Kier molecular flexibility index (Phi) is 7.22. The first kappa shape index (κ1) is 15.7. The lowest BCUT2D eigenvalue weighted by Gasteiger charge is -2.10. The van der Waals surface area contributed by atoms with E-state index in [0.29, 0.717) is 29.7 Å². The molecule has 0 aliphatic rings. The molecule has 5 heteroatoms. The first-order chi connectivity index (χ1) is 9.17. The molecule has 0 aliphatic carbocycles. The van der Waals surface area contributed by atoms with E-state index in [1.807, 2.05) is 0 Å². The molecule has 0 radical (unpaired) electrons. The average Bonchev–Trinajstić information content (AvgIpc) is 2.42. The van der Waals surface area contributed by atoms with E-state index < -0.39 is 0 Å². The van der Waals surface area contributed by atoms with Gasteiger partial charge in [-0.3, -0.25) is 0 Å². The van der Waals surface area contributed by atoms with Crippen LogP contribution in [0.5, 0.6) is 11.5 Å². The van der Waals surface area contributed by atoms with Gasteiger partial charge in [0.1, 0.15) is 23.1 Å². The molecular formula is C14H21NO3S. The summed E-state index contributed by atoms with van der Waals surface area (Å²) in [5, 5.41) is 0. The van der Waals surface area contributed by atoms with Gasteiger partial charge in [-0.1, -0.05) is 25.6 Å². The predicted octanol–water partition coefficient (Wildman–Crippen LogP) is 2.52. The van der Waals surface area contributed by atoms with Crippen molar-refractivity contribution in [3.8, 4) is 11.5 Å². The summed E-state index contributed by atoms with van der Waals surface area (Å²) >= 11 is 4.95.